The average Bonchev–Trinajstić information content (AvgIpc) is 2.90. The molecule has 0 bridgehead atoms. The second-order valence-electron chi connectivity index (χ2n) is 9.33. The third-order valence-electron chi connectivity index (χ3n) is 6.97. The van der Waals surface area contributed by atoms with Crippen LogP contribution in [0.25, 0.3) is 10.9 Å². The summed E-state index contributed by atoms with van der Waals surface area (Å²) < 4.78 is 5.35. The minimum absolute atomic E-state index is 0.0883. The van der Waals surface area contributed by atoms with Crippen LogP contribution >= 0.6 is 11.8 Å². The quantitative estimate of drug-likeness (QED) is 0.270. The van der Waals surface area contributed by atoms with Crippen LogP contribution in [0.3, 0.4) is 0 Å². The van der Waals surface area contributed by atoms with Gasteiger partial charge in [0.15, 0.2) is 0 Å². The molecule has 0 aliphatic carbocycles. The fourth-order valence-corrected chi connectivity index (χ4v) is 5.86. The number of aromatic nitrogens is 3. The van der Waals surface area contributed by atoms with Gasteiger partial charge in [0.25, 0.3) is 0 Å². The highest BCUT2D eigenvalue weighted by atomic mass is 32.2. The summed E-state index contributed by atoms with van der Waals surface area (Å²) in [6.45, 7) is 2.70. The molecule has 0 radical (unpaired) electrons. The summed E-state index contributed by atoms with van der Waals surface area (Å²) in [5.41, 5.74) is 1.66. The number of carboxylic acid groups (broad SMARTS) is 1. The van der Waals surface area contributed by atoms with Crippen molar-refractivity contribution in [3.8, 4) is 5.75 Å². The molecular weight excluding hydrogens is 476 g/mol. The molecule has 4 rings (SSSR count). The number of thioether (sulfide) groups is 1. The SMILES string of the molecule is COc1ccc2nccc([C@@H](O)CC[C@@H]3CCN(CCCSc4cnccn4)C[C@@H]3CC(=O)O)c2c1. The van der Waals surface area contributed by atoms with Crippen LogP contribution in [-0.2, 0) is 4.79 Å². The summed E-state index contributed by atoms with van der Waals surface area (Å²) in [7, 11) is 1.62. The van der Waals surface area contributed by atoms with Gasteiger partial charge in [-0.25, -0.2) is 4.98 Å². The summed E-state index contributed by atoms with van der Waals surface area (Å²) in [4.78, 5) is 26.8. The summed E-state index contributed by atoms with van der Waals surface area (Å²) in [6, 6.07) is 7.54. The van der Waals surface area contributed by atoms with Gasteiger partial charge in [-0.2, -0.15) is 0 Å². The highest BCUT2D eigenvalue weighted by Crippen LogP contribution is 2.35. The van der Waals surface area contributed by atoms with E-state index >= 15 is 0 Å². The van der Waals surface area contributed by atoms with E-state index in [0.29, 0.717) is 6.42 Å². The van der Waals surface area contributed by atoms with E-state index < -0.39 is 12.1 Å². The number of aliphatic hydroxyl groups is 1. The van der Waals surface area contributed by atoms with Gasteiger partial charge in [0.1, 0.15) is 10.8 Å². The molecule has 36 heavy (non-hydrogen) atoms. The highest BCUT2D eigenvalue weighted by molar-refractivity contribution is 7.99. The lowest BCUT2D eigenvalue weighted by Crippen LogP contribution is -2.42. The Morgan fingerprint density at radius 1 is 1.22 bits per heavy atom. The van der Waals surface area contributed by atoms with Crippen LogP contribution < -0.4 is 4.74 Å². The fourth-order valence-electron chi connectivity index (χ4n) is 5.11. The Hall–Kier alpha value is -2.75. The topological polar surface area (TPSA) is 109 Å². The van der Waals surface area contributed by atoms with Crippen LogP contribution in [0.4, 0.5) is 0 Å². The predicted octanol–water partition coefficient (Wildman–Crippen LogP) is 4.44. The molecule has 0 spiro atoms. The maximum Gasteiger partial charge on any atom is 0.303 e. The molecule has 3 heterocycles. The molecule has 0 unspecified atom stereocenters. The van der Waals surface area contributed by atoms with Crippen LogP contribution in [-0.4, -0.2) is 68.5 Å². The molecule has 1 aliphatic heterocycles. The zero-order valence-electron chi connectivity index (χ0n) is 20.6. The smallest absolute Gasteiger partial charge is 0.303 e. The summed E-state index contributed by atoms with van der Waals surface area (Å²) >= 11 is 1.70. The van der Waals surface area contributed by atoms with Crippen LogP contribution in [0.1, 0.15) is 43.8 Å². The number of carbonyl (C=O) groups is 1. The lowest BCUT2D eigenvalue weighted by atomic mass is 9.79. The second-order valence-corrected chi connectivity index (χ2v) is 10.4. The van der Waals surface area contributed by atoms with Gasteiger partial charge in [-0.1, -0.05) is 0 Å². The number of aliphatic carboxylic acids is 1. The monoisotopic (exact) mass is 510 g/mol. The van der Waals surface area contributed by atoms with E-state index in [-0.39, 0.29) is 18.3 Å². The molecule has 1 fully saturated rings. The van der Waals surface area contributed by atoms with Gasteiger partial charge in [-0.15, -0.1) is 11.8 Å². The molecule has 2 N–H and O–H groups in total. The van der Waals surface area contributed by atoms with Gasteiger partial charge in [0, 0.05) is 42.7 Å². The first-order chi connectivity index (χ1) is 17.5. The second kappa shape index (κ2) is 13.0. The van der Waals surface area contributed by atoms with Crippen LogP contribution in [0, 0.1) is 11.8 Å². The Labute approximate surface area is 216 Å². The van der Waals surface area contributed by atoms with E-state index in [0.717, 1.165) is 71.9 Å². The Kier molecular flexibility index (Phi) is 9.49. The zero-order valence-corrected chi connectivity index (χ0v) is 21.4. The number of fused-ring (bicyclic) bond motifs is 1. The minimum atomic E-state index is -0.752. The van der Waals surface area contributed by atoms with Crippen molar-refractivity contribution in [2.45, 2.75) is 43.2 Å². The zero-order chi connectivity index (χ0) is 25.3. The van der Waals surface area contributed by atoms with Gasteiger partial charge < -0.3 is 19.8 Å². The molecule has 1 aromatic carbocycles. The average molecular weight is 511 g/mol. The molecule has 3 atom stereocenters. The Morgan fingerprint density at radius 3 is 2.89 bits per heavy atom. The van der Waals surface area contributed by atoms with Gasteiger partial charge in [-0.05, 0) is 80.4 Å². The van der Waals surface area contributed by atoms with Crippen LogP contribution in [0.2, 0.25) is 0 Å². The van der Waals surface area contributed by atoms with Crippen molar-refractivity contribution in [2.24, 2.45) is 11.8 Å². The number of ether oxygens (including phenoxy) is 1. The van der Waals surface area contributed by atoms with Crippen molar-refractivity contribution in [1.29, 1.82) is 0 Å². The number of rotatable bonds is 12. The highest BCUT2D eigenvalue weighted by Gasteiger charge is 2.31. The minimum Gasteiger partial charge on any atom is -0.497 e. The molecule has 3 aromatic rings. The number of piperidine rings is 1. The predicted molar refractivity (Wildman–Crippen MR) is 140 cm³/mol. The number of likely N-dealkylation sites (tertiary alicyclic amines) is 1. The Morgan fingerprint density at radius 2 is 2.11 bits per heavy atom. The first kappa shape index (κ1) is 26.3. The van der Waals surface area contributed by atoms with E-state index in [1.165, 1.54) is 0 Å². The van der Waals surface area contributed by atoms with Crippen molar-refractivity contribution in [3.05, 3.63) is 54.6 Å². The summed E-state index contributed by atoms with van der Waals surface area (Å²) in [5, 5.41) is 22.4. The number of hydrogen-bond donors (Lipinski definition) is 2. The number of nitrogens with zero attached hydrogens (tertiary/aromatic N) is 4. The van der Waals surface area contributed by atoms with Crippen molar-refractivity contribution >= 4 is 28.6 Å². The Bertz CT molecular complexity index is 1130. The van der Waals surface area contributed by atoms with E-state index in [4.69, 9.17) is 4.74 Å². The molecule has 2 aromatic heterocycles. The molecule has 192 valence electrons. The van der Waals surface area contributed by atoms with E-state index in [2.05, 4.69) is 19.9 Å². The van der Waals surface area contributed by atoms with Gasteiger partial charge in [-0.3, -0.25) is 14.8 Å². The number of aliphatic hydroxyl groups excluding tert-OH is 1. The Balaban J connectivity index is 1.31. The van der Waals surface area contributed by atoms with Gasteiger partial charge >= 0.3 is 5.97 Å². The molecule has 1 aliphatic rings. The molecule has 9 heteroatoms. The normalized spacial score (nSPS) is 19.3. The van der Waals surface area contributed by atoms with Gasteiger partial charge in [0.05, 0.1) is 24.9 Å². The number of pyridine rings is 1. The van der Waals surface area contributed by atoms with E-state index in [9.17, 15) is 15.0 Å². The third-order valence-corrected chi connectivity index (χ3v) is 7.97. The van der Waals surface area contributed by atoms with Crippen molar-refractivity contribution in [3.63, 3.8) is 0 Å². The number of methoxy groups -OCH3 is 1. The maximum atomic E-state index is 11.6. The number of benzene rings is 1. The van der Waals surface area contributed by atoms with Crippen molar-refractivity contribution in [2.75, 3.05) is 32.5 Å². The first-order valence-corrected chi connectivity index (χ1v) is 13.5. The molecule has 8 nitrogen and oxygen atoms in total. The fraction of sp³-hybridized carbons (Fsp3) is 0.481. The van der Waals surface area contributed by atoms with Crippen molar-refractivity contribution < 1.29 is 19.7 Å². The maximum absolute atomic E-state index is 11.6. The molecule has 0 amide bonds. The number of carboxylic acids is 1. The molecule has 1 saturated heterocycles. The summed E-state index contributed by atoms with van der Waals surface area (Å²) in [6.07, 6.45) is 9.76. The van der Waals surface area contributed by atoms with Crippen LogP contribution in [0.15, 0.2) is 54.1 Å². The molecular formula is C27H34N4O4S. The van der Waals surface area contributed by atoms with E-state index in [1.807, 2.05) is 24.3 Å². The molecule has 0 saturated carbocycles. The van der Waals surface area contributed by atoms with Crippen LogP contribution in [0.5, 0.6) is 5.75 Å². The van der Waals surface area contributed by atoms with E-state index in [1.54, 1.807) is 43.7 Å². The van der Waals surface area contributed by atoms with Crippen molar-refractivity contribution in [1.82, 2.24) is 19.9 Å². The summed E-state index contributed by atoms with van der Waals surface area (Å²) in [5.74, 6) is 1.30. The largest absolute Gasteiger partial charge is 0.497 e. The standard InChI is InChI=1S/C27H34N4O4S/c1-35-21-4-5-24-23(16-21)22(7-9-29-24)25(32)6-3-19-8-13-31(18-20(19)15-27(33)34)12-2-14-36-26-17-28-10-11-30-26/h4-5,7,9-11,16-17,19-20,25,32H,2-3,6,8,12-15,18H2,1H3,(H,33,34)/t19-,20+,25+/m1/s1. The lowest BCUT2D eigenvalue weighted by molar-refractivity contribution is -0.139. The van der Waals surface area contributed by atoms with Gasteiger partial charge in [0.2, 0.25) is 0 Å². The number of hydrogen-bond acceptors (Lipinski definition) is 8. The third kappa shape index (κ3) is 7.15. The first-order valence-electron chi connectivity index (χ1n) is 12.5. The lowest BCUT2D eigenvalue weighted by Gasteiger charge is -2.38.